The summed E-state index contributed by atoms with van der Waals surface area (Å²) in [5.41, 5.74) is 0. The molecule has 1 aliphatic rings. The molecule has 0 aliphatic heterocycles. The Bertz CT molecular complexity index is 216. The summed E-state index contributed by atoms with van der Waals surface area (Å²) >= 11 is 0. The van der Waals surface area contributed by atoms with Crippen molar-refractivity contribution in [2.75, 3.05) is 6.54 Å². The molecule has 0 aromatic rings. The van der Waals surface area contributed by atoms with Crippen LogP contribution in [0.15, 0.2) is 0 Å². The highest BCUT2D eigenvalue weighted by atomic mass is 19.4. The van der Waals surface area contributed by atoms with Gasteiger partial charge < -0.3 is 5.32 Å². The monoisotopic (exact) mass is 265 g/mol. The molecule has 1 N–H and O–H groups in total. The van der Waals surface area contributed by atoms with Gasteiger partial charge in [0.15, 0.2) is 0 Å². The van der Waals surface area contributed by atoms with Crippen molar-refractivity contribution in [1.29, 1.82) is 0 Å². The summed E-state index contributed by atoms with van der Waals surface area (Å²) in [6.07, 6.45) is 4.37. The fraction of sp³-hybridized carbons (Fsp3) is 1.00. The van der Waals surface area contributed by atoms with E-state index in [4.69, 9.17) is 0 Å². The van der Waals surface area contributed by atoms with Crippen molar-refractivity contribution in [3.63, 3.8) is 0 Å². The largest absolute Gasteiger partial charge is 0.393 e. The standard InChI is InChI=1S/C14H26F3N/c1-2-3-4-5-8-11-18-13-10-7-6-9-12(13)14(15,16)17/h12-13,18H,2-11H2,1H3. The first-order valence-corrected chi connectivity index (χ1v) is 7.35. The summed E-state index contributed by atoms with van der Waals surface area (Å²) in [5, 5.41) is 3.14. The number of hydrogen-bond acceptors (Lipinski definition) is 1. The third-order valence-electron chi connectivity index (χ3n) is 3.87. The first-order valence-electron chi connectivity index (χ1n) is 7.35. The van der Waals surface area contributed by atoms with Gasteiger partial charge in [-0.3, -0.25) is 0 Å². The van der Waals surface area contributed by atoms with Crippen molar-refractivity contribution in [3.05, 3.63) is 0 Å². The van der Waals surface area contributed by atoms with Crippen LogP contribution >= 0.6 is 0 Å². The topological polar surface area (TPSA) is 12.0 Å². The van der Waals surface area contributed by atoms with Gasteiger partial charge in [-0.15, -0.1) is 0 Å². The Labute approximate surface area is 109 Å². The van der Waals surface area contributed by atoms with E-state index in [-0.39, 0.29) is 6.04 Å². The van der Waals surface area contributed by atoms with Gasteiger partial charge in [0.25, 0.3) is 0 Å². The molecule has 0 saturated heterocycles. The lowest BCUT2D eigenvalue weighted by atomic mass is 9.84. The van der Waals surface area contributed by atoms with E-state index in [0.29, 0.717) is 12.8 Å². The number of hydrogen-bond donors (Lipinski definition) is 1. The van der Waals surface area contributed by atoms with E-state index in [9.17, 15) is 13.2 Å². The Balaban J connectivity index is 2.21. The quantitative estimate of drug-likeness (QED) is 0.660. The second kappa shape index (κ2) is 8.03. The first kappa shape index (κ1) is 15.8. The Hall–Kier alpha value is -0.250. The Morgan fingerprint density at radius 2 is 1.67 bits per heavy atom. The van der Waals surface area contributed by atoms with Gasteiger partial charge in [0.2, 0.25) is 0 Å². The summed E-state index contributed by atoms with van der Waals surface area (Å²) in [6, 6.07) is -0.343. The summed E-state index contributed by atoms with van der Waals surface area (Å²) in [4.78, 5) is 0. The molecule has 1 rings (SSSR count). The highest BCUT2D eigenvalue weighted by Gasteiger charge is 2.45. The normalized spacial score (nSPS) is 25.3. The molecule has 1 aliphatic carbocycles. The highest BCUT2D eigenvalue weighted by molar-refractivity contribution is 4.85. The molecular formula is C14H26F3N. The minimum absolute atomic E-state index is 0.303. The van der Waals surface area contributed by atoms with E-state index in [1.54, 1.807) is 0 Å². The number of rotatable bonds is 7. The average Bonchev–Trinajstić information content (AvgIpc) is 2.33. The fourth-order valence-electron chi connectivity index (χ4n) is 2.78. The molecule has 2 atom stereocenters. The molecule has 1 nitrogen and oxygen atoms in total. The zero-order valence-corrected chi connectivity index (χ0v) is 11.4. The van der Waals surface area contributed by atoms with Gasteiger partial charge in [0, 0.05) is 6.04 Å². The Morgan fingerprint density at radius 1 is 1.00 bits per heavy atom. The molecule has 108 valence electrons. The molecule has 1 saturated carbocycles. The minimum atomic E-state index is -4.03. The lowest BCUT2D eigenvalue weighted by Crippen LogP contribution is -2.45. The molecule has 0 spiro atoms. The van der Waals surface area contributed by atoms with Crippen molar-refractivity contribution in [1.82, 2.24) is 5.32 Å². The SMILES string of the molecule is CCCCCCCNC1CCCCC1C(F)(F)F. The van der Waals surface area contributed by atoms with Gasteiger partial charge in [-0.1, -0.05) is 45.4 Å². The molecule has 1 fully saturated rings. The van der Waals surface area contributed by atoms with Crippen LogP contribution in [0, 0.1) is 5.92 Å². The lowest BCUT2D eigenvalue weighted by Gasteiger charge is -2.33. The van der Waals surface area contributed by atoms with Crippen LogP contribution in [0.25, 0.3) is 0 Å². The summed E-state index contributed by atoms with van der Waals surface area (Å²) < 4.78 is 38.5. The zero-order chi connectivity index (χ0) is 13.4. The third kappa shape index (κ3) is 5.59. The van der Waals surface area contributed by atoms with Crippen LogP contribution in [0.4, 0.5) is 13.2 Å². The van der Waals surface area contributed by atoms with Crippen molar-refractivity contribution in [3.8, 4) is 0 Å². The van der Waals surface area contributed by atoms with Crippen LogP contribution in [0.2, 0.25) is 0 Å². The molecule has 18 heavy (non-hydrogen) atoms. The molecule has 0 heterocycles. The van der Waals surface area contributed by atoms with E-state index < -0.39 is 12.1 Å². The predicted molar refractivity (Wildman–Crippen MR) is 68.6 cm³/mol. The minimum Gasteiger partial charge on any atom is -0.313 e. The lowest BCUT2D eigenvalue weighted by molar-refractivity contribution is -0.188. The smallest absolute Gasteiger partial charge is 0.313 e. The van der Waals surface area contributed by atoms with Crippen LogP contribution < -0.4 is 5.32 Å². The number of unbranched alkanes of at least 4 members (excludes halogenated alkanes) is 4. The molecule has 0 aromatic heterocycles. The molecule has 0 amide bonds. The van der Waals surface area contributed by atoms with E-state index in [0.717, 1.165) is 32.2 Å². The second-order valence-electron chi connectivity index (χ2n) is 5.41. The van der Waals surface area contributed by atoms with Crippen LogP contribution in [0.5, 0.6) is 0 Å². The van der Waals surface area contributed by atoms with Crippen molar-refractivity contribution in [2.24, 2.45) is 5.92 Å². The molecule has 0 bridgehead atoms. The van der Waals surface area contributed by atoms with Crippen LogP contribution in [0.1, 0.15) is 64.7 Å². The predicted octanol–water partition coefficient (Wildman–Crippen LogP) is 4.67. The summed E-state index contributed by atoms with van der Waals surface area (Å²) in [7, 11) is 0. The molecule has 2 unspecified atom stereocenters. The van der Waals surface area contributed by atoms with E-state index in [1.807, 2.05) is 0 Å². The van der Waals surface area contributed by atoms with E-state index in [1.165, 1.54) is 19.3 Å². The third-order valence-corrected chi connectivity index (χ3v) is 3.87. The first-order chi connectivity index (χ1) is 8.55. The number of halogens is 3. The number of nitrogens with one attached hydrogen (secondary N) is 1. The van der Waals surface area contributed by atoms with Gasteiger partial charge in [-0.2, -0.15) is 13.2 Å². The zero-order valence-electron chi connectivity index (χ0n) is 11.4. The molecule has 4 heteroatoms. The maximum atomic E-state index is 12.8. The summed E-state index contributed by atoms with van der Waals surface area (Å²) in [6.45, 7) is 2.90. The van der Waals surface area contributed by atoms with Gasteiger partial charge in [0.05, 0.1) is 5.92 Å². The second-order valence-corrected chi connectivity index (χ2v) is 5.41. The van der Waals surface area contributed by atoms with Gasteiger partial charge in [0.1, 0.15) is 0 Å². The Morgan fingerprint density at radius 3 is 2.33 bits per heavy atom. The Kier molecular flexibility index (Phi) is 7.05. The average molecular weight is 265 g/mol. The van der Waals surface area contributed by atoms with Crippen molar-refractivity contribution < 1.29 is 13.2 Å². The molecule has 0 radical (unpaired) electrons. The van der Waals surface area contributed by atoms with E-state index >= 15 is 0 Å². The maximum Gasteiger partial charge on any atom is 0.393 e. The molecule has 0 aromatic carbocycles. The van der Waals surface area contributed by atoms with Gasteiger partial charge in [-0.25, -0.2) is 0 Å². The van der Waals surface area contributed by atoms with Gasteiger partial charge >= 0.3 is 6.18 Å². The van der Waals surface area contributed by atoms with Crippen LogP contribution in [-0.4, -0.2) is 18.8 Å². The van der Waals surface area contributed by atoms with Crippen molar-refractivity contribution >= 4 is 0 Å². The van der Waals surface area contributed by atoms with E-state index in [2.05, 4.69) is 12.2 Å². The van der Waals surface area contributed by atoms with Gasteiger partial charge in [-0.05, 0) is 25.8 Å². The maximum absolute atomic E-state index is 12.8. The fourth-order valence-corrected chi connectivity index (χ4v) is 2.78. The summed E-state index contributed by atoms with van der Waals surface area (Å²) in [5.74, 6) is -1.12. The highest BCUT2D eigenvalue weighted by Crippen LogP contribution is 2.37. The molecular weight excluding hydrogens is 239 g/mol. The van der Waals surface area contributed by atoms with Crippen LogP contribution in [0.3, 0.4) is 0 Å². The number of alkyl halides is 3. The van der Waals surface area contributed by atoms with Crippen molar-refractivity contribution in [2.45, 2.75) is 76.9 Å². The van der Waals surface area contributed by atoms with Crippen LogP contribution in [-0.2, 0) is 0 Å².